The average molecular weight is 306 g/mol. The van der Waals surface area contributed by atoms with Crippen molar-refractivity contribution in [1.29, 1.82) is 0 Å². The van der Waals surface area contributed by atoms with Gasteiger partial charge in [0.15, 0.2) is 0 Å². The Kier molecular flexibility index (Phi) is 12.9. The van der Waals surface area contributed by atoms with E-state index in [1.807, 2.05) is 0 Å². The van der Waals surface area contributed by atoms with Crippen molar-refractivity contribution >= 4 is 40.0 Å². The van der Waals surface area contributed by atoms with Gasteiger partial charge in [-0.1, -0.05) is 0 Å². The maximum atomic E-state index is 8.74. The normalized spacial score (nSPS) is 8.29. The molecule has 0 atom stereocenters. The van der Waals surface area contributed by atoms with Crippen molar-refractivity contribution in [1.82, 2.24) is 0 Å². The molecule has 0 aromatic heterocycles. The maximum Gasteiger partial charge on any atom is 0 e. The van der Waals surface area contributed by atoms with Gasteiger partial charge >= 0.3 is 40.0 Å². The molecule has 0 fully saturated rings. The minimum atomic E-state index is -4.67. The van der Waals surface area contributed by atoms with E-state index in [0.29, 0.717) is 0 Å². The van der Waals surface area contributed by atoms with Crippen molar-refractivity contribution in [3.63, 3.8) is 0 Å². The van der Waals surface area contributed by atoms with Crippen LogP contribution in [-0.4, -0.2) is 47.1 Å². The molecule has 0 unspecified atom stereocenters. The van der Waals surface area contributed by atoms with Crippen molar-refractivity contribution in [3.8, 4) is 0 Å². The van der Waals surface area contributed by atoms with Gasteiger partial charge in [0.1, 0.15) is 0 Å². The Morgan fingerprint density at radius 3 is 1.14 bits per heavy atom. The van der Waals surface area contributed by atoms with Gasteiger partial charge in [-0.2, -0.15) is 8.42 Å². The summed E-state index contributed by atoms with van der Waals surface area (Å²) < 4.78 is 31.6. The van der Waals surface area contributed by atoms with Crippen molar-refractivity contribution in [3.05, 3.63) is 0 Å². The van der Waals surface area contributed by atoms with Crippen LogP contribution in [0.3, 0.4) is 0 Å². The fourth-order valence-corrected chi connectivity index (χ4v) is 0. The predicted octanol–water partition coefficient (Wildman–Crippen LogP) is -1.30. The molecule has 0 rings (SSSR count). The minimum Gasteiger partial charge on any atom is 0 e. The van der Waals surface area contributed by atoms with E-state index in [4.69, 9.17) is 17.5 Å². The van der Waals surface area contributed by atoms with Gasteiger partial charge in [0, 0.05) is 21.1 Å². The van der Waals surface area contributed by atoms with Gasteiger partial charge in [-0.05, 0) is 0 Å². The van der Waals surface area contributed by atoms with Gasteiger partial charge in [0.2, 0.25) is 0 Å². The maximum absolute atomic E-state index is 8.74. The first-order valence-electron chi connectivity index (χ1n) is 0.698. The van der Waals surface area contributed by atoms with E-state index >= 15 is 0 Å². The molecule has 0 bridgehead atoms. The van der Waals surface area contributed by atoms with Gasteiger partial charge in [-0.25, -0.2) is 0 Å². The molecule has 7 heavy (non-hydrogen) atoms. The van der Waals surface area contributed by atoms with E-state index in [1.54, 1.807) is 0 Å². The van der Waals surface area contributed by atoms with Crippen LogP contribution in [0.4, 0.5) is 0 Å². The summed E-state index contributed by atoms with van der Waals surface area (Å²) in [4.78, 5) is 0. The van der Waals surface area contributed by atoms with Crippen molar-refractivity contribution < 1.29 is 38.6 Å². The van der Waals surface area contributed by atoms with E-state index < -0.39 is 10.4 Å². The fourth-order valence-electron chi connectivity index (χ4n) is 0. The monoisotopic (exact) mass is 306 g/mol. The zero-order valence-corrected chi connectivity index (χ0v) is 6.28. The Morgan fingerprint density at radius 1 is 1.14 bits per heavy atom. The number of hydrogen-bond acceptors (Lipinski definition) is 2. The van der Waals surface area contributed by atoms with E-state index in [1.165, 1.54) is 0 Å². The first-order chi connectivity index (χ1) is 2.00. The van der Waals surface area contributed by atoms with Crippen LogP contribution in [0.25, 0.3) is 0 Å². The summed E-state index contributed by atoms with van der Waals surface area (Å²) in [5.74, 6) is 0. The summed E-state index contributed by atoms with van der Waals surface area (Å²) >= 11 is 0. The summed E-state index contributed by atoms with van der Waals surface area (Å²) in [5.41, 5.74) is 0. The van der Waals surface area contributed by atoms with Gasteiger partial charge in [-0.3, -0.25) is 9.11 Å². The molecule has 0 saturated heterocycles. The summed E-state index contributed by atoms with van der Waals surface area (Å²) in [6.45, 7) is 0. The van der Waals surface area contributed by atoms with Crippen LogP contribution >= 0.6 is 0 Å². The third-order valence-electron chi connectivity index (χ3n) is 0. The van der Waals surface area contributed by atoms with Gasteiger partial charge in [-0.15, -0.1) is 0 Å². The van der Waals surface area contributed by atoms with E-state index in [9.17, 15) is 0 Å². The van der Waals surface area contributed by atoms with Gasteiger partial charge in [0.05, 0.1) is 0 Å². The number of rotatable bonds is 0. The Balaban J connectivity index is -0.0000000800. The molecule has 0 saturated carbocycles. The fraction of sp³-hybridized carbons (Fsp3) is 0. The van der Waals surface area contributed by atoms with E-state index in [0.717, 1.165) is 0 Å². The zero-order valence-electron chi connectivity index (χ0n) is 2.53. The molecule has 0 aliphatic carbocycles. The summed E-state index contributed by atoms with van der Waals surface area (Å²) in [7, 11) is -4.67. The molecule has 2 N–H and O–H groups in total. The van der Waals surface area contributed by atoms with Crippen LogP contribution in [0.1, 0.15) is 0 Å². The first-order valence-corrected chi connectivity index (χ1v) is 2.10. The topological polar surface area (TPSA) is 74.6 Å². The van der Waals surface area contributed by atoms with Crippen LogP contribution < -0.4 is 0 Å². The van der Waals surface area contributed by atoms with E-state index in [-0.39, 0.29) is 50.6 Å². The van der Waals surface area contributed by atoms with Crippen LogP contribution in [0, 0.1) is 0 Å². The van der Waals surface area contributed by atoms with Crippen LogP contribution in [0.5, 0.6) is 0 Å². The zero-order chi connectivity index (χ0) is 4.50. The smallest absolute Gasteiger partial charge is 0 e. The van der Waals surface area contributed by atoms with Crippen molar-refractivity contribution in [2.75, 3.05) is 0 Å². The Hall–Kier alpha value is 1.56. The summed E-state index contributed by atoms with van der Waals surface area (Å²) in [6, 6.07) is 0. The second-order valence-corrected chi connectivity index (χ2v) is 1.34. The molecule has 0 aromatic carbocycles. The van der Waals surface area contributed by atoms with E-state index in [2.05, 4.69) is 0 Å². The van der Waals surface area contributed by atoms with Crippen LogP contribution in [0.2, 0.25) is 0 Å². The predicted molar refractivity (Wildman–Crippen MR) is 21.3 cm³/mol. The van der Waals surface area contributed by atoms with Crippen LogP contribution in [-0.2, 0) is 31.5 Å². The van der Waals surface area contributed by atoms with Gasteiger partial charge < -0.3 is 0 Å². The third-order valence-corrected chi connectivity index (χ3v) is 0. The van der Waals surface area contributed by atoms with Crippen molar-refractivity contribution in [2.45, 2.75) is 0 Å². The summed E-state index contributed by atoms with van der Waals surface area (Å²) in [5, 5.41) is 0. The van der Waals surface area contributed by atoms with Crippen LogP contribution in [0.15, 0.2) is 0 Å². The molecule has 0 aliphatic rings. The number of hydrogen-bond donors (Lipinski definition) is 2. The molecule has 40 valence electrons. The SMILES string of the molecule is O=S(=O)(O)O.[NaH].[W]. The quantitative estimate of drug-likeness (QED) is 0.431. The molecule has 0 aliphatic heterocycles. The molecule has 0 spiro atoms. The third kappa shape index (κ3) is 96.2. The molecular weight excluding hydrogens is 303 g/mol. The Labute approximate surface area is 77.8 Å². The summed E-state index contributed by atoms with van der Waals surface area (Å²) in [6.07, 6.45) is 0. The molecule has 0 amide bonds. The standard InChI is InChI=1S/Na.H2O4S.W.H/c;1-5(2,3)4;;/h;(H2,1,2,3,4);;. The average Bonchev–Trinajstić information content (AvgIpc) is 0.722. The molecule has 0 aromatic rings. The molecule has 7 heteroatoms. The second-order valence-electron chi connectivity index (χ2n) is 0.448. The second kappa shape index (κ2) is 5.69. The van der Waals surface area contributed by atoms with Gasteiger partial charge in [0.25, 0.3) is 0 Å². The molecular formula is H3NaO4SW. The largest absolute Gasteiger partial charge is 0 e. The molecule has 0 heterocycles. The Morgan fingerprint density at radius 2 is 1.14 bits per heavy atom. The Bertz CT molecular complexity index is 94.9. The first kappa shape index (κ1) is 15.8. The molecule has 0 radical (unpaired) electrons. The van der Waals surface area contributed by atoms with Crippen molar-refractivity contribution in [2.24, 2.45) is 0 Å². The minimum absolute atomic E-state index is 0. The molecule has 4 nitrogen and oxygen atoms in total.